The molecule has 112 valence electrons. The highest BCUT2D eigenvalue weighted by molar-refractivity contribution is 7.99. The molecule has 5 heteroatoms. The van der Waals surface area contributed by atoms with Crippen LogP contribution < -0.4 is 0 Å². The first kappa shape index (κ1) is 15.9. The number of hydrogen-bond acceptors (Lipinski definition) is 3. The fourth-order valence-electron chi connectivity index (χ4n) is 2.34. The smallest absolute Gasteiger partial charge is 0.207 e. The summed E-state index contributed by atoms with van der Waals surface area (Å²) >= 11 is 1.82. The summed E-state index contributed by atoms with van der Waals surface area (Å²) in [5, 5.41) is 0. The van der Waals surface area contributed by atoms with Crippen molar-refractivity contribution in [2.45, 2.75) is 37.5 Å². The molecule has 1 aliphatic rings. The molecular formula is C15H23NO2S2. The zero-order chi connectivity index (χ0) is 14.4. The molecule has 0 amide bonds. The molecule has 0 N–H and O–H groups in total. The lowest BCUT2D eigenvalue weighted by Crippen LogP contribution is -2.37. The number of nitrogens with zero attached hydrogens (tertiary/aromatic N) is 1. The zero-order valence-electron chi connectivity index (χ0n) is 12.0. The number of sulfonamides is 1. The highest BCUT2D eigenvalue weighted by Crippen LogP contribution is 2.21. The van der Waals surface area contributed by atoms with E-state index in [-0.39, 0.29) is 0 Å². The van der Waals surface area contributed by atoms with Crippen molar-refractivity contribution in [2.75, 3.05) is 24.6 Å². The van der Waals surface area contributed by atoms with Crippen LogP contribution in [-0.4, -0.2) is 37.3 Å². The Morgan fingerprint density at radius 3 is 2.35 bits per heavy atom. The number of hydrogen-bond donors (Lipinski definition) is 0. The lowest BCUT2D eigenvalue weighted by atomic mass is 10.1. The minimum absolute atomic E-state index is 0.434. The Bertz CT molecular complexity index is 505. The van der Waals surface area contributed by atoms with Crippen LogP contribution >= 0.6 is 11.8 Å². The summed E-state index contributed by atoms with van der Waals surface area (Å²) in [6, 6.07) is 7.44. The third-order valence-corrected chi connectivity index (χ3v) is 6.46. The van der Waals surface area contributed by atoms with Crippen LogP contribution in [0.1, 0.15) is 31.7 Å². The maximum absolute atomic E-state index is 12.5. The van der Waals surface area contributed by atoms with Gasteiger partial charge in [-0.3, -0.25) is 0 Å². The Morgan fingerprint density at radius 1 is 1.10 bits per heavy atom. The van der Waals surface area contributed by atoms with E-state index in [0.717, 1.165) is 17.9 Å². The predicted octanol–water partition coefficient (Wildman–Crippen LogP) is 3.16. The van der Waals surface area contributed by atoms with Crippen LogP contribution in [0.5, 0.6) is 0 Å². The molecule has 1 aliphatic heterocycles. The molecule has 0 atom stereocenters. The van der Waals surface area contributed by atoms with Crippen LogP contribution in [-0.2, 0) is 16.4 Å². The van der Waals surface area contributed by atoms with Gasteiger partial charge in [0, 0.05) is 24.6 Å². The molecule has 3 nitrogen and oxygen atoms in total. The second kappa shape index (κ2) is 7.48. The van der Waals surface area contributed by atoms with Gasteiger partial charge in [-0.1, -0.05) is 31.9 Å². The van der Waals surface area contributed by atoms with Gasteiger partial charge in [0.1, 0.15) is 0 Å². The van der Waals surface area contributed by atoms with E-state index in [2.05, 4.69) is 6.92 Å². The van der Waals surface area contributed by atoms with Gasteiger partial charge in [0.25, 0.3) is 0 Å². The molecular weight excluding hydrogens is 290 g/mol. The van der Waals surface area contributed by atoms with Crippen molar-refractivity contribution < 1.29 is 8.42 Å². The number of unbranched alkanes of at least 4 members (excludes halogenated alkanes) is 2. The van der Waals surface area contributed by atoms with Gasteiger partial charge in [-0.2, -0.15) is 16.1 Å². The lowest BCUT2D eigenvalue weighted by molar-refractivity contribution is 0.443. The molecule has 20 heavy (non-hydrogen) atoms. The normalized spacial score (nSPS) is 17.2. The summed E-state index contributed by atoms with van der Waals surface area (Å²) in [6.45, 7) is 3.45. The molecule has 1 heterocycles. The van der Waals surface area contributed by atoms with Crippen molar-refractivity contribution in [2.24, 2.45) is 0 Å². The average Bonchev–Trinajstić information content (AvgIpc) is 2.49. The minimum Gasteiger partial charge on any atom is -0.207 e. The largest absolute Gasteiger partial charge is 0.243 e. The predicted molar refractivity (Wildman–Crippen MR) is 85.8 cm³/mol. The topological polar surface area (TPSA) is 37.4 Å². The Balaban J connectivity index is 2.04. The molecule has 1 aromatic rings. The Kier molecular flexibility index (Phi) is 5.93. The number of benzene rings is 1. The van der Waals surface area contributed by atoms with E-state index in [4.69, 9.17) is 0 Å². The Morgan fingerprint density at radius 2 is 1.75 bits per heavy atom. The van der Waals surface area contributed by atoms with Gasteiger partial charge in [0.15, 0.2) is 0 Å². The SMILES string of the molecule is CCCCCc1ccc(S(=O)(=O)N2CCSCC2)cc1. The second-order valence-corrected chi connectivity index (χ2v) is 8.28. The van der Waals surface area contributed by atoms with Crippen molar-refractivity contribution in [3.8, 4) is 0 Å². The summed E-state index contributed by atoms with van der Waals surface area (Å²) in [5.41, 5.74) is 1.23. The van der Waals surface area contributed by atoms with Gasteiger partial charge < -0.3 is 0 Å². The van der Waals surface area contributed by atoms with Crippen LogP contribution in [0.2, 0.25) is 0 Å². The highest BCUT2D eigenvalue weighted by atomic mass is 32.2. The van der Waals surface area contributed by atoms with E-state index in [0.29, 0.717) is 18.0 Å². The molecule has 1 fully saturated rings. The van der Waals surface area contributed by atoms with Crippen LogP contribution in [0, 0.1) is 0 Å². The first-order valence-corrected chi connectivity index (χ1v) is 9.91. The maximum Gasteiger partial charge on any atom is 0.243 e. The molecule has 2 rings (SSSR count). The van der Waals surface area contributed by atoms with Crippen molar-refractivity contribution >= 4 is 21.8 Å². The van der Waals surface area contributed by atoms with Crippen molar-refractivity contribution in [1.82, 2.24) is 4.31 Å². The van der Waals surface area contributed by atoms with Crippen LogP contribution in [0.15, 0.2) is 29.2 Å². The molecule has 0 aliphatic carbocycles. The van der Waals surface area contributed by atoms with Crippen molar-refractivity contribution in [1.29, 1.82) is 0 Å². The second-order valence-electron chi connectivity index (χ2n) is 5.12. The van der Waals surface area contributed by atoms with E-state index < -0.39 is 10.0 Å². The zero-order valence-corrected chi connectivity index (χ0v) is 13.7. The molecule has 0 saturated carbocycles. The minimum atomic E-state index is -3.28. The molecule has 0 unspecified atom stereocenters. The average molecular weight is 313 g/mol. The van der Waals surface area contributed by atoms with Crippen LogP contribution in [0.4, 0.5) is 0 Å². The number of aryl methyl sites for hydroxylation is 1. The molecule has 0 radical (unpaired) electrons. The Hall–Kier alpha value is -0.520. The fourth-order valence-corrected chi connectivity index (χ4v) is 4.92. The maximum atomic E-state index is 12.5. The van der Waals surface area contributed by atoms with Crippen molar-refractivity contribution in [3.05, 3.63) is 29.8 Å². The van der Waals surface area contributed by atoms with Gasteiger partial charge in [-0.15, -0.1) is 0 Å². The van der Waals surface area contributed by atoms with E-state index >= 15 is 0 Å². The van der Waals surface area contributed by atoms with E-state index in [1.165, 1.54) is 24.8 Å². The number of thioether (sulfide) groups is 1. The quantitative estimate of drug-likeness (QED) is 0.757. The molecule has 1 aromatic carbocycles. The highest BCUT2D eigenvalue weighted by Gasteiger charge is 2.25. The van der Waals surface area contributed by atoms with Crippen LogP contribution in [0.3, 0.4) is 0 Å². The van der Waals surface area contributed by atoms with Crippen molar-refractivity contribution in [3.63, 3.8) is 0 Å². The van der Waals surface area contributed by atoms with Crippen LogP contribution in [0.25, 0.3) is 0 Å². The van der Waals surface area contributed by atoms with Gasteiger partial charge in [-0.25, -0.2) is 8.42 Å². The first-order chi connectivity index (χ1) is 9.64. The standard InChI is InChI=1S/C15H23NO2S2/c1-2-3-4-5-14-6-8-15(9-7-14)20(17,18)16-10-12-19-13-11-16/h6-9H,2-5,10-13H2,1H3. The number of rotatable bonds is 6. The molecule has 0 spiro atoms. The molecule has 1 saturated heterocycles. The van der Waals surface area contributed by atoms with Gasteiger partial charge in [-0.05, 0) is 30.5 Å². The third-order valence-electron chi connectivity index (χ3n) is 3.60. The van der Waals surface area contributed by atoms with Gasteiger partial charge >= 0.3 is 0 Å². The lowest BCUT2D eigenvalue weighted by Gasteiger charge is -2.25. The summed E-state index contributed by atoms with van der Waals surface area (Å²) in [5.74, 6) is 1.79. The summed E-state index contributed by atoms with van der Waals surface area (Å²) in [4.78, 5) is 0.434. The first-order valence-electron chi connectivity index (χ1n) is 7.31. The Labute approximate surface area is 126 Å². The van der Waals surface area contributed by atoms with Gasteiger partial charge in [0.2, 0.25) is 10.0 Å². The van der Waals surface area contributed by atoms with E-state index in [1.54, 1.807) is 16.4 Å². The summed E-state index contributed by atoms with van der Waals surface area (Å²) < 4.78 is 26.6. The third kappa shape index (κ3) is 3.99. The van der Waals surface area contributed by atoms with E-state index in [1.807, 2.05) is 23.9 Å². The van der Waals surface area contributed by atoms with Gasteiger partial charge in [0.05, 0.1) is 4.90 Å². The summed E-state index contributed by atoms with van der Waals surface area (Å²) in [7, 11) is -3.28. The molecule has 0 aromatic heterocycles. The fraction of sp³-hybridized carbons (Fsp3) is 0.600. The molecule has 0 bridgehead atoms. The monoisotopic (exact) mass is 313 g/mol. The van der Waals surface area contributed by atoms with E-state index in [9.17, 15) is 8.42 Å². The summed E-state index contributed by atoms with van der Waals surface area (Å²) in [6.07, 6.45) is 4.64.